The van der Waals surface area contributed by atoms with Crippen molar-refractivity contribution in [2.45, 2.75) is 33.2 Å². The normalized spacial score (nSPS) is 11.1. The summed E-state index contributed by atoms with van der Waals surface area (Å²) in [6.45, 7) is 7.69. The molecular weight excluding hydrogens is 244 g/mol. The maximum atomic E-state index is 10.9. The lowest BCUT2D eigenvalue weighted by atomic mass is 10.2. The van der Waals surface area contributed by atoms with Crippen molar-refractivity contribution in [3.05, 3.63) is 27.9 Å². The van der Waals surface area contributed by atoms with Crippen LogP contribution in [0.3, 0.4) is 0 Å². The number of pyridine rings is 1. The molecule has 0 unspecified atom stereocenters. The minimum atomic E-state index is -0.400. The average molecular weight is 266 g/mol. The Morgan fingerprint density at radius 2 is 2.21 bits per heavy atom. The van der Waals surface area contributed by atoms with Crippen molar-refractivity contribution in [1.29, 1.82) is 0 Å². The topological polar surface area (TPSA) is 71.3 Å². The lowest BCUT2D eigenvalue weighted by Gasteiger charge is -2.20. The quantitative estimate of drug-likeness (QED) is 0.466. The molecular formula is C13H22N4O2. The largest absolute Gasteiger partial charge is 0.364 e. The van der Waals surface area contributed by atoms with Crippen LogP contribution in [0.1, 0.15) is 25.8 Å². The maximum Gasteiger partial charge on any atom is 0.311 e. The van der Waals surface area contributed by atoms with E-state index in [1.165, 1.54) is 6.07 Å². The first-order chi connectivity index (χ1) is 8.91. The van der Waals surface area contributed by atoms with Crippen LogP contribution < -0.4 is 5.32 Å². The van der Waals surface area contributed by atoms with E-state index in [4.69, 9.17) is 0 Å². The lowest BCUT2D eigenvalue weighted by molar-refractivity contribution is -0.384. The van der Waals surface area contributed by atoms with Crippen molar-refractivity contribution in [3.8, 4) is 0 Å². The zero-order valence-corrected chi connectivity index (χ0v) is 12.0. The molecule has 6 nitrogen and oxygen atoms in total. The van der Waals surface area contributed by atoms with Crippen molar-refractivity contribution in [2.75, 3.05) is 25.5 Å². The first-order valence-electron chi connectivity index (χ1n) is 6.47. The van der Waals surface area contributed by atoms with Crippen molar-refractivity contribution in [1.82, 2.24) is 9.88 Å². The van der Waals surface area contributed by atoms with E-state index >= 15 is 0 Å². The van der Waals surface area contributed by atoms with Gasteiger partial charge >= 0.3 is 5.69 Å². The van der Waals surface area contributed by atoms with Crippen molar-refractivity contribution < 1.29 is 4.92 Å². The fraction of sp³-hybridized carbons (Fsp3) is 0.615. The van der Waals surface area contributed by atoms with Gasteiger partial charge in [-0.15, -0.1) is 0 Å². The Bertz CT molecular complexity index is 435. The van der Waals surface area contributed by atoms with E-state index in [0.29, 0.717) is 18.4 Å². The van der Waals surface area contributed by atoms with E-state index < -0.39 is 4.92 Å². The Morgan fingerprint density at radius 3 is 2.79 bits per heavy atom. The summed E-state index contributed by atoms with van der Waals surface area (Å²) in [7, 11) is 2.07. The van der Waals surface area contributed by atoms with E-state index in [1.807, 2.05) is 0 Å². The Balaban J connectivity index is 2.52. The van der Waals surface area contributed by atoms with E-state index in [-0.39, 0.29) is 5.69 Å². The van der Waals surface area contributed by atoms with Gasteiger partial charge in [-0.25, -0.2) is 4.98 Å². The molecule has 0 saturated carbocycles. The highest BCUT2D eigenvalue weighted by molar-refractivity contribution is 5.56. The van der Waals surface area contributed by atoms with Crippen LogP contribution in [0.25, 0.3) is 0 Å². The van der Waals surface area contributed by atoms with Gasteiger partial charge in [0.25, 0.3) is 0 Å². The van der Waals surface area contributed by atoms with Crippen LogP contribution in [-0.4, -0.2) is 41.0 Å². The Hall–Kier alpha value is -1.69. The van der Waals surface area contributed by atoms with Gasteiger partial charge < -0.3 is 10.2 Å². The minimum Gasteiger partial charge on any atom is -0.364 e. The molecule has 1 aromatic rings. The summed E-state index contributed by atoms with van der Waals surface area (Å²) < 4.78 is 0. The minimum absolute atomic E-state index is 0.0391. The first-order valence-corrected chi connectivity index (χ1v) is 6.47. The fourth-order valence-electron chi connectivity index (χ4n) is 1.62. The second-order valence-corrected chi connectivity index (χ2v) is 4.99. The molecule has 1 aromatic heterocycles. The number of hydrogen-bond donors (Lipinski definition) is 1. The van der Waals surface area contributed by atoms with Crippen LogP contribution in [0.4, 0.5) is 11.5 Å². The summed E-state index contributed by atoms with van der Waals surface area (Å²) >= 11 is 0. The van der Waals surface area contributed by atoms with Crippen LogP contribution in [0.15, 0.2) is 12.3 Å². The number of nitrogens with zero attached hydrogens (tertiary/aromatic N) is 3. The van der Waals surface area contributed by atoms with Crippen LogP contribution in [0.2, 0.25) is 0 Å². The smallest absolute Gasteiger partial charge is 0.311 e. The summed E-state index contributed by atoms with van der Waals surface area (Å²) in [6.07, 6.45) is 2.55. The van der Waals surface area contributed by atoms with Gasteiger partial charge in [-0.3, -0.25) is 10.1 Å². The number of aryl methyl sites for hydroxylation is 1. The van der Waals surface area contributed by atoms with E-state index in [1.54, 1.807) is 13.1 Å². The molecule has 0 bridgehead atoms. The molecule has 19 heavy (non-hydrogen) atoms. The van der Waals surface area contributed by atoms with E-state index in [9.17, 15) is 10.1 Å². The SMILES string of the molecule is Cc1cnc(NCCCN(C)C(C)C)c([N+](=O)[O-])c1. The molecule has 0 fully saturated rings. The Kier molecular flexibility index (Phi) is 5.69. The molecule has 106 valence electrons. The van der Waals surface area contributed by atoms with Gasteiger partial charge in [-0.2, -0.15) is 0 Å². The van der Waals surface area contributed by atoms with Crippen LogP contribution in [-0.2, 0) is 0 Å². The Morgan fingerprint density at radius 1 is 1.53 bits per heavy atom. The molecule has 1 N–H and O–H groups in total. The molecule has 0 aliphatic rings. The summed E-state index contributed by atoms with van der Waals surface area (Å²) in [5, 5.41) is 14.0. The molecule has 0 spiro atoms. The number of rotatable bonds is 7. The summed E-state index contributed by atoms with van der Waals surface area (Å²) in [6, 6.07) is 2.04. The van der Waals surface area contributed by atoms with Gasteiger partial charge in [0.15, 0.2) is 0 Å². The van der Waals surface area contributed by atoms with E-state index in [0.717, 1.165) is 18.5 Å². The zero-order chi connectivity index (χ0) is 14.4. The number of hydrogen-bond acceptors (Lipinski definition) is 5. The van der Waals surface area contributed by atoms with Crippen LogP contribution in [0, 0.1) is 17.0 Å². The highest BCUT2D eigenvalue weighted by Crippen LogP contribution is 2.22. The van der Waals surface area contributed by atoms with Crippen molar-refractivity contribution in [2.24, 2.45) is 0 Å². The molecule has 0 aliphatic carbocycles. The monoisotopic (exact) mass is 266 g/mol. The maximum absolute atomic E-state index is 10.9. The summed E-state index contributed by atoms with van der Waals surface area (Å²) in [5.41, 5.74) is 0.828. The molecule has 1 rings (SSSR count). The number of aromatic nitrogens is 1. The molecule has 0 aromatic carbocycles. The van der Waals surface area contributed by atoms with Crippen LogP contribution in [0.5, 0.6) is 0 Å². The second-order valence-electron chi connectivity index (χ2n) is 4.99. The third-order valence-electron chi connectivity index (χ3n) is 3.06. The second kappa shape index (κ2) is 7.04. The van der Waals surface area contributed by atoms with Gasteiger partial charge in [0.1, 0.15) is 0 Å². The molecule has 0 amide bonds. The molecule has 0 aliphatic heterocycles. The van der Waals surface area contributed by atoms with Crippen molar-refractivity contribution in [3.63, 3.8) is 0 Å². The highest BCUT2D eigenvalue weighted by atomic mass is 16.6. The van der Waals surface area contributed by atoms with Gasteiger partial charge in [-0.05, 0) is 46.3 Å². The average Bonchev–Trinajstić information content (AvgIpc) is 2.35. The van der Waals surface area contributed by atoms with Gasteiger partial charge in [0, 0.05) is 24.8 Å². The third kappa shape index (κ3) is 4.82. The fourth-order valence-corrected chi connectivity index (χ4v) is 1.62. The number of nitro groups is 1. The third-order valence-corrected chi connectivity index (χ3v) is 3.06. The molecule has 6 heteroatoms. The predicted molar refractivity (Wildman–Crippen MR) is 76.5 cm³/mol. The predicted octanol–water partition coefficient (Wildman–Crippen LogP) is 2.44. The molecule has 0 radical (unpaired) electrons. The van der Waals surface area contributed by atoms with Crippen LogP contribution >= 0.6 is 0 Å². The van der Waals surface area contributed by atoms with Gasteiger partial charge in [0.2, 0.25) is 5.82 Å². The highest BCUT2D eigenvalue weighted by Gasteiger charge is 2.14. The van der Waals surface area contributed by atoms with Gasteiger partial charge in [0.05, 0.1) is 4.92 Å². The molecule has 0 saturated heterocycles. The lowest BCUT2D eigenvalue weighted by Crippen LogP contribution is -2.28. The molecule has 1 heterocycles. The summed E-state index contributed by atoms with van der Waals surface area (Å²) in [4.78, 5) is 16.8. The van der Waals surface area contributed by atoms with E-state index in [2.05, 4.69) is 36.1 Å². The number of nitrogens with one attached hydrogen (secondary N) is 1. The Labute approximate surface area is 114 Å². The zero-order valence-electron chi connectivity index (χ0n) is 12.0. The standard InChI is InChI=1S/C13H22N4O2/c1-10(2)16(4)7-5-6-14-13-12(17(18)19)8-11(3)9-15-13/h8-10H,5-7H2,1-4H3,(H,14,15). The first kappa shape index (κ1) is 15.4. The number of anilines is 1. The molecule has 0 atom stereocenters. The summed E-state index contributed by atoms with van der Waals surface area (Å²) in [5.74, 6) is 0.350. The van der Waals surface area contributed by atoms with Gasteiger partial charge in [-0.1, -0.05) is 0 Å². The van der Waals surface area contributed by atoms with Crippen molar-refractivity contribution >= 4 is 11.5 Å².